The molecule has 0 spiro atoms. The van der Waals surface area contributed by atoms with Gasteiger partial charge in [0.25, 0.3) is 0 Å². The minimum Gasteiger partial charge on any atom is -0.504 e. The van der Waals surface area contributed by atoms with Gasteiger partial charge in [-0.2, -0.15) is 22.0 Å². The van der Waals surface area contributed by atoms with Crippen molar-refractivity contribution in [3.8, 4) is 17.2 Å². The number of ether oxygens (including phenoxy) is 1. The molecule has 0 saturated carbocycles. The zero-order valence-electron chi connectivity index (χ0n) is 8.70. The molecule has 10 heteroatoms. The summed E-state index contributed by atoms with van der Waals surface area (Å²) >= 11 is 0. The average molecular weight is 288 g/mol. The largest absolute Gasteiger partial charge is 0.504 e. The fourth-order valence-corrected chi connectivity index (χ4v) is 0.955. The summed E-state index contributed by atoms with van der Waals surface area (Å²) in [6.07, 6.45) is -11.8. The topological polar surface area (TPSA) is 87.0 Å². The number of rotatable bonds is 2. The summed E-state index contributed by atoms with van der Waals surface area (Å²) in [4.78, 5) is 11.0. The average Bonchev–Trinajstić information content (AvgIpc) is 2.22. The summed E-state index contributed by atoms with van der Waals surface area (Å²) in [5.41, 5.74) is -1.00. The van der Waals surface area contributed by atoms with E-state index < -0.39 is 41.1 Å². The summed E-state index contributed by atoms with van der Waals surface area (Å²) in [5, 5.41) is 26.8. The highest BCUT2D eigenvalue weighted by atomic mass is 19.4. The number of carbonyl (C=O) groups is 1. The predicted octanol–water partition coefficient (Wildman–Crippen LogP) is 2.12. The van der Waals surface area contributed by atoms with E-state index in [-0.39, 0.29) is 0 Å². The first kappa shape index (κ1) is 14.8. The number of benzene rings is 1. The first-order chi connectivity index (χ1) is 8.45. The van der Waals surface area contributed by atoms with Gasteiger partial charge in [0.1, 0.15) is 0 Å². The normalized spacial score (nSPS) is 12.3. The molecule has 0 fully saturated rings. The number of alkyl halides is 5. The van der Waals surface area contributed by atoms with Crippen LogP contribution in [0.25, 0.3) is 0 Å². The van der Waals surface area contributed by atoms with Crippen LogP contribution in [0, 0.1) is 0 Å². The van der Waals surface area contributed by atoms with E-state index in [2.05, 4.69) is 4.74 Å². The van der Waals surface area contributed by atoms with E-state index in [0.717, 1.165) is 0 Å². The van der Waals surface area contributed by atoms with Crippen molar-refractivity contribution in [1.29, 1.82) is 0 Å². The smallest absolute Gasteiger partial charge is 0.501 e. The first-order valence-electron chi connectivity index (χ1n) is 4.38. The summed E-state index contributed by atoms with van der Waals surface area (Å²) in [6.45, 7) is 0. The first-order valence-corrected chi connectivity index (χ1v) is 4.38. The van der Waals surface area contributed by atoms with Crippen molar-refractivity contribution in [2.24, 2.45) is 0 Å². The Bertz CT molecular complexity index is 487. The van der Waals surface area contributed by atoms with Crippen LogP contribution in [0.15, 0.2) is 12.1 Å². The monoisotopic (exact) mass is 288 g/mol. The highest BCUT2D eigenvalue weighted by Gasteiger charge is 2.62. The molecule has 0 radical (unpaired) electrons. The molecule has 5 nitrogen and oxygen atoms in total. The lowest BCUT2D eigenvalue weighted by atomic mass is 10.2. The Kier molecular flexibility index (Phi) is 3.46. The molecule has 0 saturated heterocycles. The molecule has 106 valence electrons. The van der Waals surface area contributed by atoms with Gasteiger partial charge in [-0.05, 0) is 12.1 Å². The molecule has 0 amide bonds. The molecule has 0 atom stereocenters. The minimum absolute atomic E-state index is 0.351. The second-order valence-electron chi connectivity index (χ2n) is 3.27. The molecular formula is C9H5F5O5. The summed E-state index contributed by atoms with van der Waals surface area (Å²) in [6, 6.07) is 0.702. The van der Waals surface area contributed by atoms with Crippen molar-refractivity contribution in [1.82, 2.24) is 0 Å². The Labute approximate surface area is 101 Å². The maximum atomic E-state index is 12.4. The number of esters is 1. The van der Waals surface area contributed by atoms with Gasteiger partial charge >= 0.3 is 18.3 Å². The molecular weight excluding hydrogens is 283 g/mol. The number of aromatic hydroxyl groups is 3. The number of hydrogen-bond acceptors (Lipinski definition) is 5. The van der Waals surface area contributed by atoms with E-state index >= 15 is 0 Å². The summed E-state index contributed by atoms with van der Waals surface area (Å²) in [7, 11) is 0. The third kappa shape index (κ3) is 2.95. The van der Waals surface area contributed by atoms with E-state index in [4.69, 9.17) is 15.3 Å². The molecule has 0 aliphatic rings. The number of hydrogen-bond donors (Lipinski definition) is 3. The maximum absolute atomic E-state index is 12.4. The molecule has 1 aromatic rings. The van der Waals surface area contributed by atoms with Gasteiger partial charge < -0.3 is 20.1 Å². The van der Waals surface area contributed by atoms with Crippen LogP contribution in [-0.4, -0.2) is 33.6 Å². The molecule has 0 heterocycles. The van der Waals surface area contributed by atoms with Crippen molar-refractivity contribution < 1.29 is 46.8 Å². The van der Waals surface area contributed by atoms with Crippen LogP contribution in [0.1, 0.15) is 10.4 Å². The Hall–Kier alpha value is -2.26. The van der Waals surface area contributed by atoms with Crippen molar-refractivity contribution in [2.75, 3.05) is 0 Å². The van der Waals surface area contributed by atoms with Crippen molar-refractivity contribution in [3.05, 3.63) is 17.7 Å². The number of halogens is 5. The van der Waals surface area contributed by atoms with Gasteiger partial charge in [0.15, 0.2) is 17.2 Å². The molecule has 0 bridgehead atoms. The van der Waals surface area contributed by atoms with E-state index in [1.807, 2.05) is 0 Å². The molecule has 19 heavy (non-hydrogen) atoms. The van der Waals surface area contributed by atoms with E-state index in [1.165, 1.54) is 0 Å². The number of phenols is 3. The lowest BCUT2D eigenvalue weighted by Gasteiger charge is -2.19. The quantitative estimate of drug-likeness (QED) is 0.441. The SMILES string of the molecule is O=C(OC(F)(F)C(F)(F)F)c1cc(O)c(O)c(O)c1. The summed E-state index contributed by atoms with van der Waals surface area (Å²) in [5.74, 6) is -5.41. The van der Waals surface area contributed by atoms with Gasteiger partial charge in [-0.25, -0.2) is 4.79 Å². The molecule has 0 aliphatic carbocycles. The Morgan fingerprint density at radius 2 is 1.42 bits per heavy atom. The predicted molar refractivity (Wildman–Crippen MR) is 47.9 cm³/mol. The third-order valence-electron chi connectivity index (χ3n) is 1.86. The van der Waals surface area contributed by atoms with Crippen LogP contribution in [0.5, 0.6) is 17.2 Å². The molecule has 0 unspecified atom stereocenters. The van der Waals surface area contributed by atoms with Crippen LogP contribution < -0.4 is 0 Å². The standard InChI is InChI=1S/C9H5F5O5/c10-8(11,12)9(13,14)19-7(18)3-1-4(15)6(17)5(16)2-3/h1-2,15-17H. The second-order valence-corrected chi connectivity index (χ2v) is 3.27. The van der Waals surface area contributed by atoms with E-state index in [9.17, 15) is 26.7 Å². The van der Waals surface area contributed by atoms with Crippen LogP contribution in [0.4, 0.5) is 22.0 Å². The van der Waals surface area contributed by atoms with Crippen molar-refractivity contribution >= 4 is 5.97 Å². The van der Waals surface area contributed by atoms with E-state index in [1.54, 1.807) is 0 Å². The van der Waals surface area contributed by atoms with Gasteiger partial charge in [-0.1, -0.05) is 0 Å². The van der Waals surface area contributed by atoms with Crippen LogP contribution in [-0.2, 0) is 4.74 Å². The zero-order chi connectivity index (χ0) is 15.0. The Balaban J connectivity index is 3.03. The number of carbonyl (C=O) groups excluding carboxylic acids is 1. The van der Waals surface area contributed by atoms with E-state index in [0.29, 0.717) is 12.1 Å². The van der Waals surface area contributed by atoms with Gasteiger partial charge in [0.05, 0.1) is 5.56 Å². The van der Waals surface area contributed by atoms with Crippen LogP contribution in [0.3, 0.4) is 0 Å². The maximum Gasteiger partial charge on any atom is 0.501 e. The van der Waals surface area contributed by atoms with Crippen molar-refractivity contribution in [3.63, 3.8) is 0 Å². The molecule has 3 N–H and O–H groups in total. The Morgan fingerprint density at radius 3 is 1.79 bits per heavy atom. The number of phenolic OH excluding ortho intramolecular Hbond substituents is 3. The molecule has 1 rings (SSSR count). The van der Waals surface area contributed by atoms with Gasteiger partial charge in [0, 0.05) is 0 Å². The van der Waals surface area contributed by atoms with Gasteiger partial charge in [-0.3, -0.25) is 0 Å². The minimum atomic E-state index is -6.11. The molecule has 0 aliphatic heterocycles. The van der Waals surface area contributed by atoms with Crippen LogP contribution >= 0.6 is 0 Å². The van der Waals surface area contributed by atoms with Crippen molar-refractivity contribution in [2.45, 2.75) is 12.3 Å². The lowest BCUT2D eigenvalue weighted by molar-refractivity contribution is -0.370. The fraction of sp³-hybridized carbons (Fsp3) is 0.222. The Morgan fingerprint density at radius 1 is 1.00 bits per heavy atom. The third-order valence-corrected chi connectivity index (χ3v) is 1.86. The van der Waals surface area contributed by atoms with Gasteiger partial charge in [0.2, 0.25) is 0 Å². The van der Waals surface area contributed by atoms with Crippen LogP contribution in [0.2, 0.25) is 0 Å². The summed E-state index contributed by atoms with van der Waals surface area (Å²) < 4.78 is 63.0. The van der Waals surface area contributed by atoms with Gasteiger partial charge in [-0.15, -0.1) is 0 Å². The highest BCUT2D eigenvalue weighted by Crippen LogP contribution is 2.39. The highest BCUT2D eigenvalue weighted by molar-refractivity contribution is 5.91. The molecule has 1 aromatic carbocycles. The lowest BCUT2D eigenvalue weighted by Crippen LogP contribution is -2.40. The second kappa shape index (κ2) is 4.44. The molecule has 0 aromatic heterocycles. The fourth-order valence-electron chi connectivity index (χ4n) is 0.955. The zero-order valence-corrected chi connectivity index (χ0v) is 8.70.